The first-order valence-electron chi connectivity index (χ1n) is 9.38. The molecule has 13 heteroatoms. The third-order valence-corrected chi connectivity index (χ3v) is 4.99. The van der Waals surface area contributed by atoms with E-state index in [0.29, 0.717) is 0 Å². The molecule has 3 unspecified atom stereocenters. The molecule has 0 bridgehead atoms. The molecule has 0 aliphatic heterocycles. The number of rotatable bonds is 12. The van der Waals surface area contributed by atoms with Gasteiger partial charge in [0.05, 0.1) is 5.60 Å². The van der Waals surface area contributed by atoms with Crippen molar-refractivity contribution in [3.63, 3.8) is 0 Å². The summed E-state index contributed by atoms with van der Waals surface area (Å²) in [6.07, 6.45) is -1.01. The molecule has 3 atom stereocenters. The van der Waals surface area contributed by atoms with Crippen LogP contribution in [0.15, 0.2) is 13.6 Å². The van der Waals surface area contributed by atoms with Gasteiger partial charge in [0.15, 0.2) is 5.76 Å². The van der Waals surface area contributed by atoms with Gasteiger partial charge in [0.1, 0.15) is 12.7 Å². The second-order valence-electron chi connectivity index (χ2n) is 8.51. The molecule has 30 heavy (non-hydrogen) atoms. The third kappa shape index (κ3) is 6.69. The Balaban J connectivity index is 2.19. The van der Waals surface area contributed by atoms with Crippen molar-refractivity contribution in [1.82, 2.24) is 0 Å². The predicted molar refractivity (Wildman–Crippen MR) is 97.0 cm³/mol. The van der Waals surface area contributed by atoms with Gasteiger partial charge in [0.2, 0.25) is 12.1 Å². The van der Waals surface area contributed by atoms with Crippen LogP contribution in [0, 0.1) is 31.6 Å². The quantitative estimate of drug-likeness (QED) is 0.289. The van der Waals surface area contributed by atoms with E-state index in [0.717, 1.165) is 12.8 Å². The molecule has 1 aromatic heterocycles. The van der Waals surface area contributed by atoms with E-state index >= 15 is 0 Å². The summed E-state index contributed by atoms with van der Waals surface area (Å²) >= 11 is 0. The molecule has 0 aromatic carbocycles. The summed E-state index contributed by atoms with van der Waals surface area (Å²) in [5, 5.41) is 29.6. The average Bonchev–Trinajstić information content (AvgIpc) is 3.20. The van der Waals surface area contributed by atoms with Gasteiger partial charge in [-0.2, -0.15) is 0 Å². The van der Waals surface area contributed by atoms with Gasteiger partial charge in [0, 0.05) is 6.42 Å². The molecule has 0 spiro atoms. The van der Waals surface area contributed by atoms with Crippen molar-refractivity contribution in [2.24, 2.45) is 11.3 Å². The van der Waals surface area contributed by atoms with E-state index in [9.17, 15) is 30.1 Å². The highest BCUT2D eigenvalue weighted by atomic mass is 17.0. The second-order valence-corrected chi connectivity index (χ2v) is 8.51. The first-order valence-corrected chi connectivity index (χ1v) is 9.38. The fourth-order valence-corrected chi connectivity index (χ4v) is 3.37. The second kappa shape index (κ2) is 9.00. The summed E-state index contributed by atoms with van der Waals surface area (Å²) in [4.78, 5) is 42.0. The van der Waals surface area contributed by atoms with E-state index in [1.807, 2.05) is 6.92 Å². The monoisotopic (exact) mass is 434 g/mol. The van der Waals surface area contributed by atoms with Crippen molar-refractivity contribution in [3.05, 3.63) is 42.4 Å². The number of hydrogen-bond acceptors (Lipinski definition) is 11. The lowest BCUT2D eigenvalue weighted by Gasteiger charge is -2.30. The van der Waals surface area contributed by atoms with Crippen LogP contribution in [0.1, 0.15) is 64.8 Å². The summed E-state index contributed by atoms with van der Waals surface area (Å²) < 4.78 is 15.3. The van der Waals surface area contributed by atoms with E-state index in [-0.39, 0.29) is 29.8 Å². The number of nitrogens with zero attached hydrogens (tertiary/aromatic N) is 2. The first-order chi connectivity index (χ1) is 13.8. The molecule has 13 nitrogen and oxygen atoms in total. The number of hydrogen-bond donors (Lipinski definition) is 1. The Morgan fingerprint density at radius 3 is 2.33 bits per heavy atom. The average molecular weight is 434 g/mol. The van der Waals surface area contributed by atoms with Gasteiger partial charge >= 0.3 is 5.82 Å². The highest BCUT2D eigenvalue weighted by molar-refractivity contribution is 5.07. The fraction of sp³-hybridized carbons (Fsp3) is 0.824. The van der Waals surface area contributed by atoms with Crippen LogP contribution < -0.4 is 5.82 Å². The Hall–Kier alpha value is -2.67. The van der Waals surface area contributed by atoms with E-state index in [2.05, 4.69) is 9.68 Å². The molecule has 0 amide bonds. The summed E-state index contributed by atoms with van der Waals surface area (Å²) in [7, 11) is 0. The van der Waals surface area contributed by atoms with Crippen LogP contribution >= 0.6 is 0 Å². The normalized spacial score (nSPS) is 18.3. The SMILES string of the molecule is CC(C)(C)OC(O)c1oc(=O)oc1CCC(C(CO[N+](=O)[O-])O[N+](=O)[O-])C1(C)CC1. The van der Waals surface area contributed by atoms with Crippen molar-refractivity contribution < 1.29 is 38.5 Å². The van der Waals surface area contributed by atoms with E-state index in [1.165, 1.54) is 0 Å². The summed E-state index contributed by atoms with van der Waals surface area (Å²) in [6, 6.07) is 0. The Labute approximate surface area is 171 Å². The minimum absolute atomic E-state index is 0.0287. The van der Waals surface area contributed by atoms with Gasteiger partial charge in [0.25, 0.3) is 10.2 Å². The largest absolute Gasteiger partial charge is 0.519 e. The third-order valence-electron chi connectivity index (χ3n) is 4.99. The molecule has 1 N–H and O–H groups in total. The van der Waals surface area contributed by atoms with E-state index < -0.39 is 46.5 Å². The van der Waals surface area contributed by atoms with Gasteiger partial charge in [-0.3, -0.25) is 0 Å². The molecule has 170 valence electrons. The van der Waals surface area contributed by atoms with E-state index in [4.69, 9.17) is 13.6 Å². The number of aliphatic hydroxyl groups is 1. The number of aliphatic hydroxyl groups excluding tert-OH is 1. The number of aryl methyl sites for hydroxylation is 1. The molecule has 0 saturated heterocycles. The summed E-state index contributed by atoms with van der Waals surface area (Å²) in [6.45, 7) is 6.36. The maximum Gasteiger partial charge on any atom is 0.519 e. The van der Waals surface area contributed by atoms with Gasteiger partial charge in [-0.25, -0.2) is 4.79 Å². The van der Waals surface area contributed by atoms with Crippen LogP contribution in [0.5, 0.6) is 0 Å². The summed E-state index contributed by atoms with van der Waals surface area (Å²) in [5.74, 6) is -1.71. The summed E-state index contributed by atoms with van der Waals surface area (Å²) in [5.41, 5.74) is -1.09. The van der Waals surface area contributed by atoms with Gasteiger partial charge in [-0.05, 0) is 51.4 Å². The van der Waals surface area contributed by atoms with E-state index in [1.54, 1.807) is 20.8 Å². The Morgan fingerprint density at radius 1 is 1.20 bits per heavy atom. The molecular formula is C17H26N2O11. The molecule has 1 heterocycles. The van der Waals surface area contributed by atoms with Crippen molar-refractivity contribution in [2.45, 2.75) is 71.4 Å². The lowest BCUT2D eigenvalue weighted by Crippen LogP contribution is -2.37. The van der Waals surface area contributed by atoms with Crippen molar-refractivity contribution in [1.29, 1.82) is 0 Å². The van der Waals surface area contributed by atoms with Crippen LogP contribution in [-0.4, -0.2) is 33.6 Å². The van der Waals surface area contributed by atoms with Crippen LogP contribution in [0.2, 0.25) is 0 Å². The Kier molecular flexibility index (Phi) is 7.08. The smallest absolute Gasteiger partial charge is 0.395 e. The zero-order chi connectivity index (χ0) is 22.7. The van der Waals surface area contributed by atoms with Gasteiger partial charge in [-0.15, -0.1) is 20.2 Å². The molecule has 0 radical (unpaired) electrons. The Bertz CT molecular complexity index is 805. The number of ether oxygens (including phenoxy) is 1. The van der Waals surface area contributed by atoms with Crippen LogP contribution in [0.25, 0.3) is 0 Å². The van der Waals surface area contributed by atoms with Crippen molar-refractivity contribution in [2.75, 3.05) is 6.61 Å². The molecule has 1 aromatic rings. The highest BCUT2D eigenvalue weighted by Gasteiger charge is 2.49. The van der Waals surface area contributed by atoms with Gasteiger partial charge < -0.3 is 28.4 Å². The maximum atomic E-state index is 11.6. The van der Waals surface area contributed by atoms with Crippen LogP contribution in [0.4, 0.5) is 0 Å². The molecule has 1 fully saturated rings. The zero-order valence-electron chi connectivity index (χ0n) is 17.2. The van der Waals surface area contributed by atoms with Crippen LogP contribution in [0.3, 0.4) is 0 Å². The fourth-order valence-electron chi connectivity index (χ4n) is 3.37. The predicted octanol–water partition coefficient (Wildman–Crippen LogP) is 2.17. The minimum atomic E-state index is -1.55. The van der Waals surface area contributed by atoms with Crippen molar-refractivity contribution in [3.8, 4) is 0 Å². The lowest BCUT2D eigenvalue weighted by molar-refractivity contribution is -0.792. The maximum absolute atomic E-state index is 11.6. The molecule has 2 rings (SSSR count). The highest BCUT2D eigenvalue weighted by Crippen LogP contribution is 2.54. The minimum Gasteiger partial charge on any atom is -0.395 e. The lowest BCUT2D eigenvalue weighted by atomic mass is 9.82. The standard InChI is InChI=1S/C17H26N2O11/c1-16(2,3)29-14(20)13-11(27-15(21)28-13)6-5-10(17(4)7-8-17)12(30-19(24)25)9-26-18(22)23/h10,12,14,20H,5-9H2,1-4H3. The van der Waals surface area contributed by atoms with Gasteiger partial charge in [-0.1, -0.05) is 6.92 Å². The molecule has 1 saturated carbocycles. The topological polar surface area (TPSA) is 178 Å². The first kappa shape index (κ1) is 23.6. The van der Waals surface area contributed by atoms with Crippen LogP contribution in [-0.2, 0) is 20.8 Å². The van der Waals surface area contributed by atoms with Crippen molar-refractivity contribution >= 4 is 0 Å². The Morgan fingerprint density at radius 2 is 1.83 bits per heavy atom. The zero-order valence-corrected chi connectivity index (χ0v) is 17.2. The molecule has 1 aliphatic carbocycles. The molecular weight excluding hydrogens is 408 g/mol. The molecule has 1 aliphatic rings.